The van der Waals surface area contributed by atoms with Gasteiger partial charge in [0.05, 0.1) is 24.5 Å². The molecular weight excluding hydrogens is 436 g/mol. The Kier molecular flexibility index (Phi) is 9.94. The van der Waals surface area contributed by atoms with Crippen LogP contribution in [0.4, 0.5) is 5.69 Å². The van der Waals surface area contributed by atoms with Crippen molar-refractivity contribution in [3.05, 3.63) is 27.7 Å². The van der Waals surface area contributed by atoms with Gasteiger partial charge in [-0.05, 0) is 72.8 Å². The molecule has 6 nitrogen and oxygen atoms in total. The first kappa shape index (κ1) is 23.7. The van der Waals surface area contributed by atoms with Crippen molar-refractivity contribution in [2.75, 3.05) is 26.0 Å². The molecule has 1 aliphatic rings. The predicted octanol–water partition coefficient (Wildman–Crippen LogP) is 4.69. The highest BCUT2D eigenvalue weighted by Gasteiger charge is 2.20. The number of rotatable bonds is 10. The third-order valence-electron chi connectivity index (χ3n) is 5.40. The van der Waals surface area contributed by atoms with Crippen LogP contribution in [-0.2, 0) is 20.8 Å². The van der Waals surface area contributed by atoms with Crippen LogP contribution < -0.4 is 5.73 Å². The summed E-state index contributed by atoms with van der Waals surface area (Å²) in [6.45, 7) is 2.87. The summed E-state index contributed by atoms with van der Waals surface area (Å²) in [4.78, 5) is 25.5. The van der Waals surface area contributed by atoms with Gasteiger partial charge in [0, 0.05) is 24.0 Å². The first-order chi connectivity index (χ1) is 13.9. The van der Waals surface area contributed by atoms with Gasteiger partial charge < -0.3 is 15.2 Å². The maximum Gasteiger partial charge on any atom is 0.338 e. The number of ether oxygens (including phenoxy) is 2. The molecule has 1 saturated carbocycles. The number of halogens is 1. The van der Waals surface area contributed by atoms with Crippen LogP contribution in [0.25, 0.3) is 0 Å². The molecule has 29 heavy (non-hydrogen) atoms. The Balaban J connectivity index is 1.86. The highest BCUT2D eigenvalue weighted by Crippen LogP contribution is 2.29. The second-order valence-electron chi connectivity index (χ2n) is 7.77. The molecule has 162 valence electrons. The van der Waals surface area contributed by atoms with E-state index in [1.165, 1.54) is 39.0 Å². The van der Waals surface area contributed by atoms with E-state index in [1.807, 2.05) is 6.07 Å². The number of hydrogen-bond donors (Lipinski definition) is 1. The normalized spacial score (nSPS) is 14.8. The summed E-state index contributed by atoms with van der Waals surface area (Å²) in [5.41, 5.74) is 8.39. The lowest BCUT2D eigenvalue weighted by atomic mass is 9.94. The number of nitrogens with two attached hydrogens (primary N) is 1. The SMILES string of the molecule is CC(=O)OCCCCCOC(=O)c1cc(Br)c(N)c(CN(C)C2CCCCC2)c1. The average molecular weight is 469 g/mol. The van der Waals surface area contributed by atoms with Crippen molar-refractivity contribution in [3.63, 3.8) is 0 Å². The third-order valence-corrected chi connectivity index (χ3v) is 6.05. The smallest absolute Gasteiger partial charge is 0.338 e. The van der Waals surface area contributed by atoms with Gasteiger partial charge >= 0.3 is 11.9 Å². The summed E-state index contributed by atoms with van der Waals surface area (Å²) in [6.07, 6.45) is 8.66. The topological polar surface area (TPSA) is 81.9 Å². The first-order valence-electron chi connectivity index (χ1n) is 10.5. The summed E-state index contributed by atoms with van der Waals surface area (Å²) < 4.78 is 11.0. The Morgan fingerprint density at radius 1 is 1.10 bits per heavy atom. The number of carbonyl (C=O) groups excluding carboxylic acids is 2. The number of nitrogens with zero attached hydrogens (tertiary/aromatic N) is 1. The Morgan fingerprint density at radius 3 is 2.41 bits per heavy atom. The number of unbranched alkanes of at least 4 members (excludes halogenated alkanes) is 2. The Bertz CT molecular complexity index is 690. The summed E-state index contributed by atoms with van der Waals surface area (Å²) in [5, 5.41) is 0. The monoisotopic (exact) mass is 468 g/mol. The number of hydrogen-bond acceptors (Lipinski definition) is 6. The maximum atomic E-state index is 12.5. The fourth-order valence-corrected chi connectivity index (χ4v) is 4.19. The molecule has 1 fully saturated rings. The van der Waals surface area contributed by atoms with Crippen LogP contribution in [-0.4, -0.2) is 43.1 Å². The number of nitrogen functional groups attached to an aromatic ring is 1. The van der Waals surface area contributed by atoms with Gasteiger partial charge in [0.2, 0.25) is 0 Å². The zero-order valence-electron chi connectivity index (χ0n) is 17.5. The van der Waals surface area contributed by atoms with E-state index in [-0.39, 0.29) is 11.9 Å². The second-order valence-corrected chi connectivity index (χ2v) is 8.63. The van der Waals surface area contributed by atoms with Gasteiger partial charge in [0.25, 0.3) is 0 Å². The van der Waals surface area contributed by atoms with Crippen molar-refractivity contribution < 1.29 is 19.1 Å². The quantitative estimate of drug-likeness (QED) is 0.304. The van der Waals surface area contributed by atoms with Crippen molar-refractivity contribution in [2.45, 2.75) is 70.9 Å². The molecule has 0 aromatic heterocycles. The minimum atomic E-state index is -0.341. The van der Waals surface area contributed by atoms with Gasteiger partial charge in [0.1, 0.15) is 0 Å². The molecule has 0 radical (unpaired) electrons. The lowest BCUT2D eigenvalue weighted by molar-refractivity contribution is -0.141. The van der Waals surface area contributed by atoms with Gasteiger partial charge in [-0.15, -0.1) is 0 Å². The van der Waals surface area contributed by atoms with Crippen LogP contribution in [0.1, 0.15) is 74.2 Å². The van der Waals surface area contributed by atoms with Crippen molar-refractivity contribution in [3.8, 4) is 0 Å². The second kappa shape index (κ2) is 12.2. The molecule has 0 unspecified atom stereocenters. The molecule has 0 saturated heterocycles. The van der Waals surface area contributed by atoms with Gasteiger partial charge in [-0.1, -0.05) is 19.3 Å². The van der Waals surface area contributed by atoms with Crippen LogP contribution in [0, 0.1) is 0 Å². The van der Waals surface area contributed by atoms with Gasteiger partial charge in [-0.25, -0.2) is 4.79 Å². The van der Waals surface area contributed by atoms with E-state index in [2.05, 4.69) is 27.9 Å². The lowest BCUT2D eigenvalue weighted by Crippen LogP contribution is -2.33. The fourth-order valence-electron chi connectivity index (χ4n) is 3.69. The van der Waals surface area contributed by atoms with Crippen molar-refractivity contribution in [1.29, 1.82) is 0 Å². The van der Waals surface area contributed by atoms with E-state index >= 15 is 0 Å². The largest absolute Gasteiger partial charge is 0.466 e. The molecule has 0 spiro atoms. The molecule has 1 aromatic carbocycles. The lowest BCUT2D eigenvalue weighted by Gasteiger charge is -2.31. The summed E-state index contributed by atoms with van der Waals surface area (Å²) in [6, 6.07) is 4.15. The first-order valence-corrected chi connectivity index (χ1v) is 11.3. The highest BCUT2D eigenvalue weighted by molar-refractivity contribution is 9.10. The molecule has 1 aromatic rings. The third kappa shape index (κ3) is 7.97. The average Bonchev–Trinajstić information content (AvgIpc) is 2.70. The minimum Gasteiger partial charge on any atom is -0.466 e. The van der Waals surface area contributed by atoms with Crippen LogP contribution in [0.5, 0.6) is 0 Å². The van der Waals surface area contributed by atoms with Gasteiger partial charge in [-0.3, -0.25) is 9.69 Å². The van der Waals surface area contributed by atoms with E-state index in [0.29, 0.717) is 37.1 Å². The van der Waals surface area contributed by atoms with Gasteiger partial charge in [-0.2, -0.15) is 0 Å². The highest BCUT2D eigenvalue weighted by atomic mass is 79.9. The fraction of sp³-hybridized carbons (Fsp3) is 0.636. The Labute approximate surface area is 182 Å². The standard InChI is InChI=1S/C22H33BrN2O4/c1-16(26)28-11-7-4-8-12-29-22(27)17-13-18(21(24)20(23)14-17)15-25(2)19-9-5-3-6-10-19/h13-14,19H,3-12,15,24H2,1-2H3. The van der Waals surface area contributed by atoms with Crippen LogP contribution in [0.2, 0.25) is 0 Å². The number of anilines is 1. The predicted molar refractivity (Wildman–Crippen MR) is 118 cm³/mol. The number of esters is 2. The van der Waals surface area contributed by atoms with E-state index in [9.17, 15) is 9.59 Å². The van der Waals surface area contributed by atoms with Crippen molar-refractivity contribution in [2.24, 2.45) is 0 Å². The summed E-state index contributed by atoms with van der Waals surface area (Å²) in [5.74, 6) is -0.609. The molecule has 0 heterocycles. The van der Waals surface area contributed by atoms with E-state index in [4.69, 9.17) is 15.2 Å². The molecular formula is C22H33BrN2O4. The van der Waals surface area contributed by atoms with Gasteiger partial charge in [0.15, 0.2) is 0 Å². The Hall–Kier alpha value is -1.60. The molecule has 2 rings (SSSR count). The van der Waals surface area contributed by atoms with Crippen molar-refractivity contribution in [1.82, 2.24) is 4.90 Å². The zero-order chi connectivity index (χ0) is 21.2. The molecule has 7 heteroatoms. The number of benzene rings is 1. The van der Waals surface area contributed by atoms with E-state index < -0.39 is 0 Å². The minimum absolute atomic E-state index is 0.268. The maximum absolute atomic E-state index is 12.5. The molecule has 0 amide bonds. The Morgan fingerprint density at radius 2 is 1.76 bits per heavy atom. The molecule has 0 aliphatic heterocycles. The molecule has 2 N–H and O–H groups in total. The van der Waals surface area contributed by atoms with E-state index in [0.717, 1.165) is 29.3 Å². The summed E-state index contributed by atoms with van der Waals surface area (Å²) in [7, 11) is 2.13. The number of carbonyl (C=O) groups is 2. The van der Waals surface area contributed by atoms with Crippen molar-refractivity contribution >= 4 is 33.6 Å². The molecule has 1 aliphatic carbocycles. The van der Waals surface area contributed by atoms with Crippen LogP contribution in [0.15, 0.2) is 16.6 Å². The van der Waals surface area contributed by atoms with Crippen LogP contribution >= 0.6 is 15.9 Å². The summed E-state index contributed by atoms with van der Waals surface area (Å²) >= 11 is 3.48. The van der Waals surface area contributed by atoms with Crippen LogP contribution in [0.3, 0.4) is 0 Å². The van der Waals surface area contributed by atoms with E-state index in [1.54, 1.807) is 6.07 Å². The zero-order valence-corrected chi connectivity index (χ0v) is 19.1. The molecule has 0 bridgehead atoms. The molecule has 0 atom stereocenters.